The molecule has 3 saturated heterocycles. The fraction of sp³-hybridized carbons (Fsp3) is 0.456. The van der Waals surface area contributed by atoms with Gasteiger partial charge in [0.2, 0.25) is 88.6 Å². The van der Waals surface area contributed by atoms with Gasteiger partial charge < -0.3 is 109 Å². The number of aliphatic carboxylic acids is 2. The molecular formula is C90H111F3N16O22S. The number of nitrogens with zero attached hydrogens (tertiary/aromatic N) is 5. The molecule has 4 heterocycles. The molecule has 3 aliphatic heterocycles. The predicted octanol–water partition coefficient (Wildman–Crippen LogP) is -0.357. The first-order valence-electron chi connectivity index (χ1n) is 43.0. The number of amides is 15. The normalized spacial score (nSPS) is 24.2. The van der Waals surface area contributed by atoms with E-state index in [2.05, 4.69) is 52.8 Å². The second-order valence-electron chi connectivity index (χ2n) is 33.1. The number of H-pyrrole nitrogens is 1. The SMILES string of the molecule is CCCC[C@H]1C(=O)N2C[C@H](O)C[C@@H]2C(=O)N[C@@H](CC(=O)O)C(=O)N[C@@H](C(C)C)C(=O)N(C)[C@H](Cc2ccccc2)C(=O)N[C@@H](CC(=O)O)C(=O)N2CCC[C@@H]2C(=O)N[C@@H](Cc2c[nH]c3ccccc23)C(=O)N[C@@H](Cc2ccc(O)cc2)C(=O)N[C@H](CCO)C(=O)N[C@H](C(=O)NCC(N)=O)CSCC(=O)N[C@H](Cc2cc(F)c(F)c(F)c2)C(=O)N(C)[C@@H](Cc2ccccc2)C(=O)N1C. The number of phenolic OH excluding ortho intramolecular Hbond substituents is 1. The van der Waals surface area contributed by atoms with Crippen molar-refractivity contribution in [1.29, 1.82) is 0 Å². The fourth-order valence-corrected chi connectivity index (χ4v) is 16.9. The van der Waals surface area contributed by atoms with Crippen LogP contribution in [0, 0.1) is 23.4 Å². The Morgan fingerprint density at radius 2 is 1.07 bits per heavy atom. The highest BCUT2D eigenvalue weighted by Gasteiger charge is 2.48. The van der Waals surface area contributed by atoms with Crippen molar-refractivity contribution in [2.75, 3.05) is 58.9 Å². The van der Waals surface area contributed by atoms with Crippen LogP contribution in [-0.2, 0) is 114 Å². The molecule has 0 spiro atoms. The monoisotopic (exact) mass is 1860 g/mol. The summed E-state index contributed by atoms with van der Waals surface area (Å²) in [7, 11) is 3.52. The van der Waals surface area contributed by atoms with Crippen LogP contribution in [0.15, 0.2) is 128 Å². The number of unbranched alkanes of at least 4 members (excludes halogenated alkanes) is 1. The molecule has 3 fully saturated rings. The number of para-hydroxylation sites is 1. The summed E-state index contributed by atoms with van der Waals surface area (Å²) in [5.41, 5.74) is 7.09. The molecule has 38 nitrogen and oxygen atoms in total. The number of aliphatic hydroxyl groups is 2. The number of aromatic amines is 1. The van der Waals surface area contributed by atoms with Crippen molar-refractivity contribution in [3.05, 3.63) is 173 Å². The van der Waals surface area contributed by atoms with Crippen LogP contribution >= 0.6 is 11.8 Å². The van der Waals surface area contributed by atoms with Crippen molar-refractivity contribution in [3.8, 4) is 5.75 Å². The second-order valence-corrected chi connectivity index (χ2v) is 34.2. The summed E-state index contributed by atoms with van der Waals surface area (Å²) in [5, 5.41) is 76.0. The van der Waals surface area contributed by atoms with E-state index in [4.69, 9.17) is 5.73 Å². The molecule has 17 N–H and O–H groups in total. The number of aromatic nitrogens is 1. The van der Waals surface area contributed by atoms with Crippen LogP contribution in [0.1, 0.15) is 106 Å². The number of thioether (sulfide) groups is 1. The molecule has 0 unspecified atom stereocenters. The Bertz CT molecular complexity index is 5170. The summed E-state index contributed by atoms with van der Waals surface area (Å²) in [6, 6.07) is 6.42. The Morgan fingerprint density at radius 3 is 1.68 bits per heavy atom. The minimum absolute atomic E-state index is 0.0910. The van der Waals surface area contributed by atoms with Gasteiger partial charge in [-0.3, -0.25) is 81.5 Å². The number of halogens is 3. The lowest BCUT2D eigenvalue weighted by Gasteiger charge is -2.38. The number of hydrogen-bond acceptors (Lipinski definition) is 21. The molecule has 9 rings (SSSR count). The number of phenols is 1. The van der Waals surface area contributed by atoms with Gasteiger partial charge in [0, 0.05) is 102 Å². The first-order chi connectivity index (χ1) is 62.7. The highest BCUT2D eigenvalue weighted by Crippen LogP contribution is 2.29. The number of carbonyl (C=O) groups excluding carboxylic acids is 15. The molecule has 0 aliphatic carbocycles. The van der Waals surface area contributed by atoms with Gasteiger partial charge in [0.1, 0.15) is 84.3 Å². The number of rotatable bonds is 23. The number of aliphatic hydroxyl groups excluding tert-OH is 2. The van der Waals surface area contributed by atoms with Crippen molar-refractivity contribution < 1.29 is 120 Å². The quantitative estimate of drug-likeness (QED) is 0.0364. The van der Waals surface area contributed by atoms with E-state index in [1.807, 2.05) is 0 Å². The molecular weight excluding hydrogens is 1750 g/mol. The number of carboxylic acids is 2. The molecule has 0 radical (unpaired) electrons. The Morgan fingerprint density at radius 1 is 0.538 bits per heavy atom. The van der Waals surface area contributed by atoms with Gasteiger partial charge in [-0.25, -0.2) is 13.2 Å². The Balaban J connectivity index is 1.13. The standard InChI is InChI=1S/C90H111F3N16O22S/c1-7-8-24-68-89(130)109-45-55(112)40-70(109)85(126)101-63(41-74(115)116)82(123)104-77(48(2)3)90(131)106(5)69(37-49-18-11-9-12-19-49)84(125)102-65(42-75(117)118)87(128)108-31-17-25-67(108)83(124)100-62(39-53-43-95-59-23-16-15-22-56(53)59)81(122)99-61(35-51-26-28-54(111)29-27-51)80(121)98-60(30-32-110)79(120)103-66(78(119)96-44-72(94)113)46-132-47-73(114)97-64(36-52-33-57(91)76(93)58(92)34-52)86(127)107(6)71(88(129)105(68)4)38-50-20-13-10-14-21-50/h9-16,18-23,26-29,33-34,43,48,55,60-71,77,95,110-112H,7-8,17,24-25,30-32,35-42,44-47H2,1-6H3,(H2,94,113)(H,96,119)(H,97,114)(H,98,121)(H,99,122)(H,100,124)(H,101,126)(H,102,125)(H,103,120)(H,104,123)(H,115,116)(H,117,118)/t55-,60-,61+,62+,63+,64-,65+,66+,67-,68+,69-,70-,71+,77+/m1/s1. The average molecular weight is 1860 g/mol. The van der Waals surface area contributed by atoms with Gasteiger partial charge in [-0.2, -0.15) is 0 Å². The number of nitrogens with two attached hydrogens (primary N) is 1. The molecule has 0 bridgehead atoms. The smallest absolute Gasteiger partial charge is 0.305 e. The van der Waals surface area contributed by atoms with Gasteiger partial charge >= 0.3 is 11.9 Å². The number of benzene rings is 5. The molecule has 5 aromatic carbocycles. The highest BCUT2D eigenvalue weighted by atomic mass is 32.2. The first-order valence-corrected chi connectivity index (χ1v) is 44.1. The lowest BCUT2D eigenvalue weighted by Crippen LogP contribution is -2.62. The first kappa shape index (κ1) is 102. The van der Waals surface area contributed by atoms with Crippen molar-refractivity contribution in [2.45, 2.75) is 195 Å². The van der Waals surface area contributed by atoms with Crippen LogP contribution in [0.3, 0.4) is 0 Å². The van der Waals surface area contributed by atoms with E-state index < -0.39 is 284 Å². The van der Waals surface area contributed by atoms with Crippen LogP contribution in [-0.4, -0.2) is 299 Å². The predicted molar refractivity (Wildman–Crippen MR) is 470 cm³/mol. The van der Waals surface area contributed by atoms with Gasteiger partial charge in [-0.15, -0.1) is 11.8 Å². The molecule has 1 aromatic heterocycles. The molecule has 14 atom stereocenters. The number of carbonyl (C=O) groups is 17. The Kier molecular flexibility index (Phi) is 37.1. The van der Waals surface area contributed by atoms with Gasteiger partial charge in [0.25, 0.3) is 0 Å². The topological polar surface area (TPSA) is 558 Å². The van der Waals surface area contributed by atoms with Crippen LogP contribution in [0.5, 0.6) is 5.75 Å². The van der Waals surface area contributed by atoms with Crippen LogP contribution in [0.4, 0.5) is 13.2 Å². The van der Waals surface area contributed by atoms with E-state index in [0.717, 1.165) is 38.6 Å². The summed E-state index contributed by atoms with van der Waals surface area (Å²) >= 11 is 0.599. The van der Waals surface area contributed by atoms with Crippen molar-refractivity contribution >= 4 is 123 Å². The van der Waals surface area contributed by atoms with Crippen LogP contribution in [0.25, 0.3) is 10.9 Å². The maximum absolute atomic E-state index is 15.7. The summed E-state index contributed by atoms with van der Waals surface area (Å²) < 4.78 is 45.0. The average Bonchev–Trinajstić information content (AvgIpc) is 1.71. The fourth-order valence-electron chi connectivity index (χ4n) is 16.0. The largest absolute Gasteiger partial charge is 0.508 e. The molecule has 42 heteroatoms. The number of primary amides is 1. The second kappa shape index (κ2) is 47.9. The number of fused-ring (bicyclic) bond motifs is 3. The molecule has 0 saturated carbocycles. The summed E-state index contributed by atoms with van der Waals surface area (Å²) in [5.74, 6) is -27.5. The molecule has 132 heavy (non-hydrogen) atoms. The van der Waals surface area contributed by atoms with E-state index in [0.29, 0.717) is 57.9 Å². The maximum atomic E-state index is 15.7. The van der Waals surface area contributed by atoms with Crippen LogP contribution < -0.4 is 53.6 Å². The molecule has 3 aliphatic rings. The number of likely N-dealkylation sites (N-methyl/N-ethyl adjacent to an activating group) is 3. The van der Waals surface area contributed by atoms with Crippen molar-refractivity contribution in [2.24, 2.45) is 11.7 Å². The summed E-state index contributed by atoms with van der Waals surface area (Å²) in [6.45, 7) is 2.24. The minimum atomic E-state index is -2.07. The van der Waals surface area contributed by atoms with Crippen molar-refractivity contribution in [3.63, 3.8) is 0 Å². The summed E-state index contributed by atoms with van der Waals surface area (Å²) in [6.07, 6.45) is -5.22. The van der Waals surface area contributed by atoms with E-state index in [9.17, 15) is 68.3 Å². The minimum Gasteiger partial charge on any atom is -0.508 e. The number of nitrogens with one attached hydrogen (secondary N) is 10. The highest BCUT2D eigenvalue weighted by molar-refractivity contribution is 8.00. The maximum Gasteiger partial charge on any atom is 0.305 e. The zero-order chi connectivity index (χ0) is 96.5. The number of hydrogen-bond donors (Lipinski definition) is 16. The number of carboxylic acid groups (broad SMARTS) is 2. The lowest BCUT2D eigenvalue weighted by molar-refractivity contribution is -0.152. The molecule has 6 aromatic rings. The van der Waals surface area contributed by atoms with Crippen LogP contribution in [0.2, 0.25) is 0 Å². The van der Waals surface area contributed by atoms with Crippen molar-refractivity contribution in [1.82, 2.24) is 77.3 Å². The van der Waals surface area contributed by atoms with E-state index in [1.54, 1.807) is 98.0 Å². The zero-order valence-corrected chi connectivity index (χ0v) is 74.3. The van der Waals surface area contributed by atoms with E-state index in [1.165, 1.54) is 45.2 Å². The summed E-state index contributed by atoms with van der Waals surface area (Å²) in [4.78, 5) is 256. The Hall–Kier alpha value is -13.5. The molecule has 710 valence electrons. The Labute approximate surface area is 761 Å². The number of aromatic hydroxyl groups is 1. The van der Waals surface area contributed by atoms with E-state index in [-0.39, 0.29) is 62.8 Å². The third kappa shape index (κ3) is 27.8. The third-order valence-electron chi connectivity index (χ3n) is 23.1. The van der Waals surface area contributed by atoms with Gasteiger partial charge in [-0.1, -0.05) is 125 Å². The van der Waals surface area contributed by atoms with Gasteiger partial charge in [-0.05, 0) is 89.8 Å². The van der Waals surface area contributed by atoms with E-state index >= 15 is 51.9 Å². The van der Waals surface area contributed by atoms with Gasteiger partial charge in [0.05, 0.1) is 31.2 Å². The third-order valence-corrected chi connectivity index (χ3v) is 24.2. The van der Waals surface area contributed by atoms with Gasteiger partial charge in [0.15, 0.2) is 17.5 Å². The lowest BCUT2D eigenvalue weighted by atomic mass is 9.98. The molecule has 15 amide bonds. The zero-order valence-electron chi connectivity index (χ0n) is 73.5.